The van der Waals surface area contributed by atoms with Gasteiger partial charge >= 0.3 is 29.8 Å². The Bertz CT molecular complexity index is 1470. The van der Waals surface area contributed by atoms with Crippen molar-refractivity contribution in [3.8, 4) is 0 Å². The van der Waals surface area contributed by atoms with E-state index in [0.717, 1.165) is 27.7 Å². The molecule has 0 bridgehead atoms. The van der Waals surface area contributed by atoms with Gasteiger partial charge in [-0.2, -0.15) is 0 Å². The van der Waals surface area contributed by atoms with E-state index in [2.05, 4.69) is 6.58 Å². The summed E-state index contributed by atoms with van der Waals surface area (Å²) in [5.41, 5.74) is -3.65. The Morgan fingerprint density at radius 3 is 1.83 bits per heavy atom. The van der Waals surface area contributed by atoms with Crippen molar-refractivity contribution in [2.75, 3.05) is 0 Å². The minimum absolute atomic E-state index is 0.0936. The van der Waals surface area contributed by atoms with Crippen LogP contribution in [0.25, 0.3) is 0 Å². The van der Waals surface area contributed by atoms with Crippen molar-refractivity contribution in [3.63, 3.8) is 0 Å². The van der Waals surface area contributed by atoms with Crippen molar-refractivity contribution in [3.05, 3.63) is 60.2 Å². The number of hydrogen-bond donors (Lipinski definition) is 0. The average molecular weight is 655 g/mol. The van der Waals surface area contributed by atoms with Crippen molar-refractivity contribution in [1.82, 2.24) is 0 Å². The number of hydrogen-bond acceptors (Lipinski definition) is 12. The third kappa shape index (κ3) is 8.04. The topological polar surface area (TPSA) is 166 Å². The quantitative estimate of drug-likeness (QED) is 0.247. The molecule has 1 saturated carbocycles. The second kappa shape index (κ2) is 14.4. The van der Waals surface area contributed by atoms with Crippen LogP contribution in [-0.4, -0.2) is 71.4 Å². The lowest BCUT2D eigenvalue weighted by Crippen LogP contribution is -2.58. The normalized spacial score (nSPS) is 30.6. The van der Waals surface area contributed by atoms with E-state index < -0.39 is 94.6 Å². The zero-order valence-corrected chi connectivity index (χ0v) is 27.9. The molecule has 0 heterocycles. The van der Waals surface area contributed by atoms with Crippen molar-refractivity contribution in [1.29, 1.82) is 0 Å². The van der Waals surface area contributed by atoms with Gasteiger partial charge in [-0.25, -0.2) is 4.79 Å². The zero-order chi connectivity index (χ0) is 35.4. The van der Waals surface area contributed by atoms with E-state index >= 15 is 0 Å². The van der Waals surface area contributed by atoms with E-state index in [0.29, 0.717) is 0 Å². The summed E-state index contributed by atoms with van der Waals surface area (Å²) >= 11 is 0. The number of carbonyl (C=O) groups excluding carboxylic acids is 7. The molecule has 47 heavy (non-hydrogen) atoms. The molecule has 2 aliphatic rings. The maximum absolute atomic E-state index is 14.5. The fourth-order valence-corrected chi connectivity index (χ4v) is 6.38. The molecule has 2 aliphatic carbocycles. The maximum Gasteiger partial charge on any atom is 0.338 e. The van der Waals surface area contributed by atoms with Crippen molar-refractivity contribution in [2.45, 2.75) is 91.8 Å². The van der Waals surface area contributed by atoms with Crippen molar-refractivity contribution < 1.29 is 57.2 Å². The van der Waals surface area contributed by atoms with Crippen LogP contribution in [0.2, 0.25) is 0 Å². The zero-order valence-electron chi connectivity index (χ0n) is 27.9. The smallest absolute Gasteiger partial charge is 0.338 e. The van der Waals surface area contributed by atoms with Gasteiger partial charge in [0.05, 0.1) is 11.5 Å². The van der Waals surface area contributed by atoms with Crippen LogP contribution in [0.15, 0.2) is 54.6 Å². The molecule has 0 N–H and O–H groups in total. The SMILES string of the molecule is C=C1C(OC(C)=O)C(OC(=O)c2ccccc2)C(=O)C(C)(C)C=CC(C)C(=O)C2(OC(C)=O)CC(C)C(OC(C)=O)C2C1OC(C)=O. The summed E-state index contributed by atoms with van der Waals surface area (Å²) in [6, 6.07) is 7.80. The summed E-state index contributed by atoms with van der Waals surface area (Å²) in [5.74, 6) is -8.64. The number of benzene rings is 1. The lowest BCUT2D eigenvalue weighted by Gasteiger charge is -2.42. The van der Waals surface area contributed by atoms with Gasteiger partial charge in [-0.1, -0.05) is 50.8 Å². The van der Waals surface area contributed by atoms with Gasteiger partial charge < -0.3 is 23.7 Å². The molecule has 8 atom stereocenters. The summed E-state index contributed by atoms with van der Waals surface area (Å²) in [6.07, 6.45) is -3.69. The van der Waals surface area contributed by atoms with Gasteiger partial charge in [0.1, 0.15) is 12.2 Å². The first kappa shape index (κ1) is 36.9. The molecule has 12 heteroatoms. The Kier molecular flexibility index (Phi) is 11.3. The Hall–Kier alpha value is -4.61. The monoisotopic (exact) mass is 654 g/mol. The Balaban J connectivity index is 2.42. The molecule has 1 fully saturated rings. The minimum atomic E-state index is -2.04. The van der Waals surface area contributed by atoms with Crippen LogP contribution in [0, 0.1) is 23.2 Å². The van der Waals surface area contributed by atoms with E-state index in [9.17, 15) is 33.6 Å². The number of fused-ring (bicyclic) bond motifs is 1. The molecule has 1 aromatic carbocycles. The summed E-state index contributed by atoms with van der Waals surface area (Å²) in [5, 5.41) is 0. The van der Waals surface area contributed by atoms with Crippen LogP contribution in [0.5, 0.6) is 0 Å². The maximum atomic E-state index is 14.5. The van der Waals surface area contributed by atoms with E-state index in [1.807, 2.05) is 0 Å². The van der Waals surface area contributed by atoms with Crippen LogP contribution < -0.4 is 0 Å². The highest BCUT2D eigenvalue weighted by Crippen LogP contribution is 2.51. The third-order valence-corrected chi connectivity index (χ3v) is 8.39. The molecule has 0 saturated heterocycles. The lowest BCUT2D eigenvalue weighted by atomic mass is 9.72. The van der Waals surface area contributed by atoms with Crippen LogP contribution in [0.3, 0.4) is 0 Å². The lowest BCUT2D eigenvalue weighted by molar-refractivity contribution is -0.186. The first-order chi connectivity index (χ1) is 21.8. The standard InChI is InChI=1S/C35H42O12/c1-18-15-16-34(8,9)32(41)30(46-33(42)25-13-11-10-12-14-25)29(45-23(6)38)20(3)28(44-22(5)37)26-27(43-21(4)36)19(2)17-35(26,31(18)40)47-24(7)39/h10-16,18-19,26-30H,3,17H2,1-2,4-9H3. The molecular weight excluding hydrogens is 612 g/mol. The number of allylic oxidation sites excluding steroid dienone is 2. The molecule has 1 aromatic rings. The Morgan fingerprint density at radius 1 is 0.745 bits per heavy atom. The first-order valence-corrected chi connectivity index (χ1v) is 15.3. The number of ketones is 2. The highest BCUT2D eigenvalue weighted by Gasteiger charge is 2.65. The van der Waals surface area contributed by atoms with Crippen LogP contribution in [0.4, 0.5) is 0 Å². The number of esters is 5. The molecule has 3 rings (SSSR count). The van der Waals surface area contributed by atoms with E-state index in [4.69, 9.17) is 23.7 Å². The number of Topliss-reactive ketones (excluding diaryl/α,β-unsaturated/α-hetero) is 2. The Morgan fingerprint density at radius 2 is 1.30 bits per heavy atom. The molecule has 254 valence electrons. The second-order valence-corrected chi connectivity index (χ2v) is 12.7. The largest absolute Gasteiger partial charge is 0.462 e. The number of ether oxygens (including phenoxy) is 5. The van der Waals surface area contributed by atoms with Gasteiger partial charge in [0.25, 0.3) is 0 Å². The molecule has 12 nitrogen and oxygen atoms in total. The molecule has 0 aliphatic heterocycles. The van der Waals surface area contributed by atoms with Gasteiger partial charge in [0.15, 0.2) is 23.3 Å². The predicted octanol–water partition coefficient (Wildman–Crippen LogP) is 3.89. The molecule has 0 radical (unpaired) electrons. The first-order valence-electron chi connectivity index (χ1n) is 15.3. The summed E-state index contributed by atoms with van der Waals surface area (Å²) in [4.78, 5) is 92.5. The fourth-order valence-electron chi connectivity index (χ4n) is 6.38. The summed E-state index contributed by atoms with van der Waals surface area (Å²) < 4.78 is 28.8. The highest BCUT2D eigenvalue weighted by atomic mass is 16.6. The van der Waals surface area contributed by atoms with Gasteiger partial charge in [0, 0.05) is 51.0 Å². The minimum Gasteiger partial charge on any atom is -0.462 e. The number of carbonyl (C=O) groups is 7. The summed E-state index contributed by atoms with van der Waals surface area (Å²) in [6.45, 7) is 14.7. The van der Waals surface area contributed by atoms with E-state index in [-0.39, 0.29) is 17.6 Å². The third-order valence-electron chi connectivity index (χ3n) is 8.39. The fraction of sp³-hybridized carbons (Fsp3) is 0.514. The van der Waals surface area contributed by atoms with Gasteiger partial charge in [-0.15, -0.1) is 0 Å². The molecular formula is C35H42O12. The average Bonchev–Trinajstić information content (AvgIpc) is 3.24. The predicted molar refractivity (Wildman–Crippen MR) is 165 cm³/mol. The summed E-state index contributed by atoms with van der Waals surface area (Å²) in [7, 11) is 0. The second-order valence-electron chi connectivity index (χ2n) is 12.7. The molecule has 8 unspecified atom stereocenters. The molecule has 0 aromatic heterocycles. The van der Waals surface area contributed by atoms with Gasteiger partial charge in [-0.3, -0.25) is 28.8 Å². The highest BCUT2D eigenvalue weighted by molar-refractivity contribution is 5.97. The van der Waals surface area contributed by atoms with Crippen molar-refractivity contribution >= 4 is 41.4 Å². The van der Waals surface area contributed by atoms with Crippen LogP contribution >= 0.6 is 0 Å². The number of rotatable bonds is 6. The van der Waals surface area contributed by atoms with Gasteiger partial charge in [-0.05, 0) is 31.9 Å². The van der Waals surface area contributed by atoms with E-state index in [1.165, 1.54) is 38.1 Å². The Labute approximate surface area is 273 Å². The van der Waals surface area contributed by atoms with Crippen LogP contribution in [-0.2, 0) is 52.5 Å². The molecule has 0 amide bonds. The van der Waals surface area contributed by atoms with Gasteiger partial charge in [0.2, 0.25) is 6.10 Å². The molecule has 0 spiro atoms. The van der Waals surface area contributed by atoms with E-state index in [1.54, 1.807) is 32.0 Å². The van der Waals surface area contributed by atoms with Crippen molar-refractivity contribution in [2.24, 2.45) is 23.2 Å². The van der Waals surface area contributed by atoms with Crippen LogP contribution in [0.1, 0.15) is 72.2 Å².